The van der Waals surface area contributed by atoms with Gasteiger partial charge in [-0.2, -0.15) is 0 Å². The number of fused-ring (bicyclic) bond motifs is 1. The first-order valence-corrected chi connectivity index (χ1v) is 4.24. The Labute approximate surface area is 76.2 Å². The fraction of sp³-hybridized carbons (Fsp3) is 0.300. The molecule has 0 unspecified atom stereocenters. The van der Waals surface area contributed by atoms with Crippen molar-refractivity contribution >= 4 is 11.0 Å². The molecule has 0 aliphatic heterocycles. The molecule has 0 aliphatic rings. The lowest BCUT2D eigenvalue weighted by atomic mass is 10.2. The van der Waals surface area contributed by atoms with Crippen LogP contribution >= 0.6 is 0 Å². The summed E-state index contributed by atoms with van der Waals surface area (Å²) in [6.45, 7) is 2.02. The minimum atomic E-state index is 0.0318. The van der Waals surface area contributed by atoms with Crippen LogP contribution < -0.4 is 5.69 Å². The van der Waals surface area contributed by atoms with E-state index in [1.807, 2.05) is 25.1 Å². The van der Waals surface area contributed by atoms with Gasteiger partial charge in [-0.1, -0.05) is 12.1 Å². The van der Waals surface area contributed by atoms with Crippen LogP contribution in [0.5, 0.6) is 0 Å². The standard InChI is InChI=1S/C10H12N2O/c1-7-5-4-6-8-9(7)12(3)10(13)11(8)2/h4-6H,1-3H3. The molecule has 0 bridgehead atoms. The van der Waals surface area contributed by atoms with Gasteiger partial charge in [0.15, 0.2) is 0 Å². The molecule has 3 nitrogen and oxygen atoms in total. The Hall–Kier alpha value is -1.51. The Kier molecular flexibility index (Phi) is 1.55. The Morgan fingerprint density at radius 3 is 2.46 bits per heavy atom. The smallest absolute Gasteiger partial charge is 0.295 e. The molecule has 0 amide bonds. The Morgan fingerprint density at radius 2 is 1.85 bits per heavy atom. The second-order valence-corrected chi connectivity index (χ2v) is 3.34. The second-order valence-electron chi connectivity index (χ2n) is 3.34. The molecule has 68 valence electrons. The highest BCUT2D eigenvalue weighted by Gasteiger charge is 2.07. The summed E-state index contributed by atoms with van der Waals surface area (Å²) in [6, 6.07) is 5.95. The topological polar surface area (TPSA) is 26.9 Å². The van der Waals surface area contributed by atoms with E-state index in [2.05, 4.69) is 0 Å². The fourth-order valence-corrected chi connectivity index (χ4v) is 1.77. The fourth-order valence-electron chi connectivity index (χ4n) is 1.77. The highest BCUT2D eigenvalue weighted by molar-refractivity contribution is 5.79. The van der Waals surface area contributed by atoms with E-state index in [1.165, 1.54) is 0 Å². The third-order valence-corrected chi connectivity index (χ3v) is 2.49. The molecule has 0 fully saturated rings. The first-order valence-electron chi connectivity index (χ1n) is 4.24. The van der Waals surface area contributed by atoms with Crippen LogP contribution in [-0.2, 0) is 14.1 Å². The van der Waals surface area contributed by atoms with Gasteiger partial charge in [-0.3, -0.25) is 9.13 Å². The van der Waals surface area contributed by atoms with E-state index in [0.717, 1.165) is 16.6 Å². The second kappa shape index (κ2) is 2.49. The van der Waals surface area contributed by atoms with Crippen LogP contribution in [0.15, 0.2) is 23.0 Å². The molecular formula is C10H12N2O. The third kappa shape index (κ3) is 0.932. The Balaban J connectivity index is 3.12. The lowest BCUT2D eigenvalue weighted by molar-refractivity contribution is 0.794. The number of hydrogen-bond acceptors (Lipinski definition) is 1. The number of rotatable bonds is 0. The lowest BCUT2D eigenvalue weighted by Gasteiger charge is -1.97. The summed E-state index contributed by atoms with van der Waals surface area (Å²) in [4.78, 5) is 11.6. The van der Waals surface area contributed by atoms with Gasteiger partial charge in [0.1, 0.15) is 0 Å². The maximum absolute atomic E-state index is 11.6. The number of para-hydroxylation sites is 1. The van der Waals surface area contributed by atoms with E-state index < -0.39 is 0 Å². The molecule has 0 aliphatic carbocycles. The molecule has 0 saturated heterocycles. The van der Waals surface area contributed by atoms with Crippen molar-refractivity contribution in [2.45, 2.75) is 6.92 Å². The van der Waals surface area contributed by atoms with Gasteiger partial charge in [0.25, 0.3) is 0 Å². The zero-order chi connectivity index (χ0) is 9.59. The highest BCUT2D eigenvalue weighted by Crippen LogP contribution is 2.14. The van der Waals surface area contributed by atoms with E-state index in [4.69, 9.17) is 0 Å². The molecule has 1 heterocycles. The molecule has 0 spiro atoms. The van der Waals surface area contributed by atoms with Crippen molar-refractivity contribution < 1.29 is 0 Å². The maximum atomic E-state index is 11.6. The van der Waals surface area contributed by atoms with Crippen LogP contribution in [0.4, 0.5) is 0 Å². The zero-order valence-corrected chi connectivity index (χ0v) is 8.03. The predicted octanol–water partition coefficient (Wildman–Crippen LogP) is 1.19. The van der Waals surface area contributed by atoms with Crippen LogP contribution in [0.1, 0.15) is 5.56 Å². The first kappa shape index (κ1) is 8.10. The van der Waals surface area contributed by atoms with Crippen LogP contribution in [-0.4, -0.2) is 9.13 Å². The molecule has 0 N–H and O–H groups in total. The summed E-state index contributed by atoms with van der Waals surface area (Å²) in [6.07, 6.45) is 0. The maximum Gasteiger partial charge on any atom is 0.328 e. The largest absolute Gasteiger partial charge is 0.328 e. The number of benzene rings is 1. The molecular weight excluding hydrogens is 164 g/mol. The summed E-state index contributed by atoms with van der Waals surface area (Å²) >= 11 is 0. The zero-order valence-electron chi connectivity index (χ0n) is 8.03. The Morgan fingerprint density at radius 1 is 1.15 bits per heavy atom. The quantitative estimate of drug-likeness (QED) is 0.592. The normalized spacial score (nSPS) is 11.0. The van der Waals surface area contributed by atoms with Gasteiger partial charge in [-0.25, -0.2) is 4.79 Å². The minimum Gasteiger partial charge on any atom is -0.295 e. The average Bonchev–Trinajstić information content (AvgIpc) is 2.33. The van der Waals surface area contributed by atoms with Crippen molar-refractivity contribution in [3.63, 3.8) is 0 Å². The van der Waals surface area contributed by atoms with Crippen LogP contribution in [0.25, 0.3) is 11.0 Å². The van der Waals surface area contributed by atoms with Crippen molar-refractivity contribution in [2.75, 3.05) is 0 Å². The summed E-state index contributed by atoms with van der Waals surface area (Å²) in [5.41, 5.74) is 3.18. The van der Waals surface area contributed by atoms with E-state index in [-0.39, 0.29) is 5.69 Å². The van der Waals surface area contributed by atoms with E-state index in [1.54, 1.807) is 23.2 Å². The van der Waals surface area contributed by atoms with Crippen molar-refractivity contribution in [1.29, 1.82) is 0 Å². The van der Waals surface area contributed by atoms with Crippen molar-refractivity contribution in [2.24, 2.45) is 14.1 Å². The molecule has 2 aromatic rings. The van der Waals surface area contributed by atoms with Gasteiger partial charge < -0.3 is 0 Å². The van der Waals surface area contributed by atoms with Gasteiger partial charge in [0.2, 0.25) is 0 Å². The first-order chi connectivity index (χ1) is 6.13. The van der Waals surface area contributed by atoms with Gasteiger partial charge in [-0.15, -0.1) is 0 Å². The molecule has 2 rings (SSSR count). The van der Waals surface area contributed by atoms with Gasteiger partial charge in [0, 0.05) is 14.1 Å². The Bertz CT molecular complexity index is 519. The van der Waals surface area contributed by atoms with E-state index in [9.17, 15) is 4.79 Å². The summed E-state index contributed by atoms with van der Waals surface area (Å²) in [5.74, 6) is 0. The molecule has 0 saturated carbocycles. The number of hydrogen-bond donors (Lipinski definition) is 0. The van der Waals surface area contributed by atoms with E-state index in [0.29, 0.717) is 0 Å². The van der Waals surface area contributed by atoms with Gasteiger partial charge in [-0.05, 0) is 18.6 Å². The summed E-state index contributed by atoms with van der Waals surface area (Å²) in [5, 5.41) is 0. The molecule has 0 atom stereocenters. The monoisotopic (exact) mass is 176 g/mol. The van der Waals surface area contributed by atoms with Crippen molar-refractivity contribution in [3.05, 3.63) is 34.2 Å². The number of nitrogens with zero attached hydrogens (tertiary/aromatic N) is 2. The van der Waals surface area contributed by atoms with Crippen molar-refractivity contribution in [3.8, 4) is 0 Å². The number of aromatic nitrogens is 2. The molecule has 1 aromatic carbocycles. The van der Waals surface area contributed by atoms with Crippen molar-refractivity contribution in [1.82, 2.24) is 9.13 Å². The molecule has 3 heteroatoms. The third-order valence-electron chi connectivity index (χ3n) is 2.49. The molecule has 0 radical (unpaired) electrons. The predicted molar refractivity (Wildman–Crippen MR) is 52.9 cm³/mol. The van der Waals surface area contributed by atoms with Crippen LogP contribution in [0.2, 0.25) is 0 Å². The average molecular weight is 176 g/mol. The molecule has 13 heavy (non-hydrogen) atoms. The minimum absolute atomic E-state index is 0.0318. The van der Waals surface area contributed by atoms with Crippen LogP contribution in [0, 0.1) is 6.92 Å². The highest BCUT2D eigenvalue weighted by atomic mass is 16.1. The molecule has 1 aromatic heterocycles. The SMILES string of the molecule is Cc1cccc2c1n(C)c(=O)n2C. The van der Waals surface area contributed by atoms with Gasteiger partial charge in [0.05, 0.1) is 11.0 Å². The number of imidazole rings is 1. The lowest BCUT2D eigenvalue weighted by Crippen LogP contribution is -2.19. The summed E-state index contributed by atoms with van der Waals surface area (Å²) in [7, 11) is 3.60. The van der Waals surface area contributed by atoms with E-state index >= 15 is 0 Å². The van der Waals surface area contributed by atoms with Gasteiger partial charge >= 0.3 is 5.69 Å². The number of aryl methyl sites for hydroxylation is 3. The summed E-state index contributed by atoms with van der Waals surface area (Å²) < 4.78 is 3.35. The van der Waals surface area contributed by atoms with Crippen LogP contribution in [0.3, 0.4) is 0 Å².